The van der Waals surface area contributed by atoms with Gasteiger partial charge in [-0.05, 0) is 39.0 Å². The minimum Gasteiger partial charge on any atom is -0.375 e. The Hall–Kier alpha value is -0.610. The molecule has 0 aromatic rings. The van der Waals surface area contributed by atoms with Gasteiger partial charge < -0.3 is 15.8 Å². The van der Waals surface area contributed by atoms with Crippen LogP contribution < -0.4 is 11.1 Å². The maximum atomic E-state index is 11.9. The van der Waals surface area contributed by atoms with Crippen molar-refractivity contribution in [2.45, 2.75) is 102 Å². The highest BCUT2D eigenvalue weighted by Crippen LogP contribution is 2.36. The molecule has 2 aliphatic rings. The van der Waals surface area contributed by atoms with E-state index in [1.165, 1.54) is 38.5 Å². The minimum atomic E-state index is -0.506. The summed E-state index contributed by atoms with van der Waals surface area (Å²) in [6.07, 6.45) is 11.6. The molecule has 2 fully saturated rings. The molecule has 0 heterocycles. The number of unbranched alkanes of at least 4 members (excludes halogenated alkanes) is 3. The van der Waals surface area contributed by atoms with Crippen molar-refractivity contribution in [3.8, 4) is 0 Å². The van der Waals surface area contributed by atoms with E-state index >= 15 is 0 Å². The largest absolute Gasteiger partial charge is 0.375 e. The highest BCUT2D eigenvalue weighted by molar-refractivity contribution is 5.85. The Morgan fingerprint density at radius 1 is 1.33 bits per heavy atom. The van der Waals surface area contributed by atoms with Crippen molar-refractivity contribution in [2.75, 3.05) is 0 Å². The van der Waals surface area contributed by atoms with Crippen LogP contribution in [0.3, 0.4) is 0 Å². The van der Waals surface area contributed by atoms with Crippen LogP contribution in [0.25, 0.3) is 0 Å². The van der Waals surface area contributed by atoms with E-state index in [2.05, 4.69) is 19.2 Å². The van der Waals surface area contributed by atoms with Crippen LogP contribution in [0.2, 0.25) is 0 Å². The Kier molecular flexibility index (Phi) is 6.06. The number of nitrogens with one attached hydrogen (secondary N) is 1. The van der Waals surface area contributed by atoms with E-state index in [-0.39, 0.29) is 18.1 Å². The molecule has 2 saturated carbocycles. The van der Waals surface area contributed by atoms with Gasteiger partial charge in [-0.2, -0.15) is 0 Å². The van der Waals surface area contributed by atoms with Crippen LogP contribution in [0.5, 0.6) is 0 Å². The normalized spacial score (nSPS) is 30.5. The monoisotopic (exact) mass is 296 g/mol. The summed E-state index contributed by atoms with van der Waals surface area (Å²) in [4.78, 5) is 11.9. The lowest BCUT2D eigenvalue weighted by Gasteiger charge is -2.28. The van der Waals surface area contributed by atoms with Crippen LogP contribution in [-0.2, 0) is 9.53 Å². The summed E-state index contributed by atoms with van der Waals surface area (Å²) in [6.45, 7) is 4.39. The summed E-state index contributed by atoms with van der Waals surface area (Å²) in [6, 6.07) is 0.503. The van der Waals surface area contributed by atoms with Gasteiger partial charge in [0.15, 0.2) is 0 Å². The lowest BCUT2D eigenvalue weighted by atomic mass is 9.96. The Labute approximate surface area is 129 Å². The standard InChI is InChI=1S/C17H32N2O2/c1-3-4-5-6-7-13(2)21-15-10-11-17(12-15,16(18)20)19-14-8-9-14/h13-15,19H,3-12H2,1-2H3,(H2,18,20). The van der Waals surface area contributed by atoms with Gasteiger partial charge in [-0.15, -0.1) is 0 Å². The zero-order chi connectivity index (χ0) is 15.3. The molecule has 3 N–H and O–H groups in total. The first-order valence-corrected chi connectivity index (χ1v) is 8.79. The number of carbonyl (C=O) groups excluding carboxylic acids is 1. The van der Waals surface area contributed by atoms with Crippen LogP contribution in [0, 0.1) is 0 Å². The highest BCUT2D eigenvalue weighted by Gasteiger charge is 2.47. The zero-order valence-electron chi connectivity index (χ0n) is 13.7. The van der Waals surface area contributed by atoms with E-state index in [1.807, 2.05) is 0 Å². The Balaban J connectivity index is 1.73. The molecule has 0 aliphatic heterocycles. The average molecular weight is 296 g/mol. The second kappa shape index (κ2) is 7.59. The van der Waals surface area contributed by atoms with Gasteiger partial charge in [0.05, 0.1) is 12.2 Å². The minimum absolute atomic E-state index is 0.185. The summed E-state index contributed by atoms with van der Waals surface area (Å²) in [7, 11) is 0. The number of hydrogen-bond acceptors (Lipinski definition) is 3. The average Bonchev–Trinajstić information content (AvgIpc) is 3.15. The molecule has 21 heavy (non-hydrogen) atoms. The highest BCUT2D eigenvalue weighted by atomic mass is 16.5. The number of ether oxygens (including phenoxy) is 1. The molecule has 0 saturated heterocycles. The molecule has 2 aliphatic carbocycles. The molecule has 0 bridgehead atoms. The fourth-order valence-corrected chi connectivity index (χ4v) is 3.42. The molecule has 3 atom stereocenters. The van der Waals surface area contributed by atoms with Gasteiger partial charge in [0, 0.05) is 12.5 Å². The quantitative estimate of drug-likeness (QED) is 0.609. The second-order valence-corrected chi connectivity index (χ2v) is 7.03. The topological polar surface area (TPSA) is 64.3 Å². The molecule has 122 valence electrons. The summed E-state index contributed by atoms with van der Waals surface area (Å²) in [5.41, 5.74) is 5.15. The summed E-state index contributed by atoms with van der Waals surface area (Å²) in [5, 5.41) is 3.47. The van der Waals surface area contributed by atoms with E-state index in [0.29, 0.717) is 6.04 Å². The van der Waals surface area contributed by atoms with Crippen molar-refractivity contribution in [1.29, 1.82) is 0 Å². The number of rotatable bonds is 10. The van der Waals surface area contributed by atoms with Crippen LogP contribution in [0.1, 0.15) is 78.1 Å². The van der Waals surface area contributed by atoms with Crippen molar-refractivity contribution in [2.24, 2.45) is 5.73 Å². The van der Waals surface area contributed by atoms with Crippen LogP contribution in [0.4, 0.5) is 0 Å². The number of amides is 1. The maximum absolute atomic E-state index is 11.9. The predicted octanol–water partition coefficient (Wildman–Crippen LogP) is 2.89. The fourth-order valence-electron chi connectivity index (χ4n) is 3.42. The van der Waals surface area contributed by atoms with Gasteiger partial charge in [0.1, 0.15) is 5.54 Å². The van der Waals surface area contributed by atoms with E-state index in [1.54, 1.807) is 0 Å². The van der Waals surface area contributed by atoms with Crippen LogP contribution >= 0.6 is 0 Å². The Morgan fingerprint density at radius 2 is 2.10 bits per heavy atom. The first-order chi connectivity index (χ1) is 10.1. The molecule has 3 unspecified atom stereocenters. The van der Waals surface area contributed by atoms with Gasteiger partial charge in [0.2, 0.25) is 5.91 Å². The third kappa shape index (κ3) is 4.96. The molecule has 0 aromatic heterocycles. The van der Waals surface area contributed by atoms with Crippen molar-refractivity contribution in [3.05, 3.63) is 0 Å². The summed E-state index contributed by atoms with van der Waals surface area (Å²) in [5.74, 6) is -0.198. The maximum Gasteiger partial charge on any atom is 0.237 e. The Morgan fingerprint density at radius 3 is 2.71 bits per heavy atom. The lowest BCUT2D eigenvalue weighted by Crippen LogP contribution is -2.54. The van der Waals surface area contributed by atoms with E-state index < -0.39 is 5.54 Å². The molecule has 0 spiro atoms. The van der Waals surface area contributed by atoms with Crippen molar-refractivity contribution in [3.63, 3.8) is 0 Å². The smallest absolute Gasteiger partial charge is 0.237 e. The lowest BCUT2D eigenvalue weighted by molar-refractivity contribution is -0.125. The molecular formula is C17H32N2O2. The third-order valence-corrected chi connectivity index (χ3v) is 4.89. The van der Waals surface area contributed by atoms with Crippen molar-refractivity contribution < 1.29 is 9.53 Å². The van der Waals surface area contributed by atoms with Gasteiger partial charge >= 0.3 is 0 Å². The van der Waals surface area contributed by atoms with E-state index in [9.17, 15) is 4.79 Å². The van der Waals surface area contributed by atoms with E-state index in [0.717, 1.165) is 25.7 Å². The zero-order valence-corrected chi connectivity index (χ0v) is 13.7. The molecule has 0 aromatic carbocycles. The van der Waals surface area contributed by atoms with Crippen molar-refractivity contribution >= 4 is 5.91 Å². The fraction of sp³-hybridized carbons (Fsp3) is 0.941. The van der Waals surface area contributed by atoms with Crippen molar-refractivity contribution in [1.82, 2.24) is 5.32 Å². The predicted molar refractivity (Wildman–Crippen MR) is 85.0 cm³/mol. The number of carbonyl (C=O) groups is 1. The molecular weight excluding hydrogens is 264 g/mol. The molecule has 2 rings (SSSR count). The molecule has 0 radical (unpaired) electrons. The number of hydrogen-bond donors (Lipinski definition) is 2. The first kappa shape index (κ1) is 16.8. The van der Waals surface area contributed by atoms with Gasteiger partial charge in [-0.25, -0.2) is 0 Å². The van der Waals surface area contributed by atoms with Gasteiger partial charge in [-0.1, -0.05) is 32.6 Å². The SMILES string of the molecule is CCCCCCC(C)OC1CCC(NC2CC2)(C(N)=O)C1. The van der Waals surface area contributed by atoms with Crippen LogP contribution in [-0.4, -0.2) is 29.7 Å². The second-order valence-electron chi connectivity index (χ2n) is 7.03. The summed E-state index contributed by atoms with van der Waals surface area (Å²) < 4.78 is 6.15. The van der Waals surface area contributed by atoms with Crippen LogP contribution in [0.15, 0.2) is 0 Å². The first-order valence-electron chi connectivity index (χ1n) is 8.79. The number of primary amides is 1. The number of nitrogens with two attached hydrogens (primary N) is 1. The third-order valence-electron chi connectivity index (χ3n) is 4.89. The van der Waals surface area contributed by atoms with Gasteiger partial charge in [0.25, 0.3) is 0 Å². The molecule has 4 heteroatoms. The Bertz CT molecular complexity index is 344. The molecule has 4 nitrogen and oxygen atoms in total. The van der Waals surface area contributed by atoms with Gasteiger partial charge in [-0.3, -0.25) is 4.79 Å². The summed E-state index contributed by atoms with van der Waals surface area (Å²) >= 11 is 0. The van der Waals surface area contributed by atoms with E-state index in [4.69, 9.17) is 10.5 Å². The molecule has 1 amide bonds.